The van der Waals surface area contributed by atoms with Crippen molar-refractivity contribution in [3.05, 3.63) is 96.9 Å². The number of aromatic nitrogens is 3. The van der Waals surface area contributed by atoms with Crippen molar-refractivity contribution in [1.82, 2.24) is 14.5 Å². The van der Waals surface area contributed by atoms with Crippen molar-refractivity contribution in [1.29, 1.82) is 0 Å². The van der Waals surface area contributed by atoms with Crippen molar-refractivity contribution in [2.75, 3.05) is 0 Å². The maximum atomic E-state index is 10.0. The zero-order chi connectivity index (χ0) is 22.9. The molecule has 0 amide bonds. The van der Waals surface area contributed by atoms with Gasteiger partial charge in [0.15, 0.2) is 5.78 Å². The SMILES string of the molecule is CC(=O)/C=C(/C)O.[Ir].c1ccc2cc3c(cc2c1)c1cccnc1n3-c1cc2ccccc2[n-]1. The van der Waals surface area contributed by atoms with Crippen molar-refractivity contribution in [3.63, 3.8) is 0 Å². The monoisotopic (exact) mass is 625 g/mol. The Morgan fingerprint density at radius 3 is 2.21 bits per heavy atom. The molecule has 0 unspecified atom stereocenters. The topological polar surface area (TPSA) is 69.2 Å². The molecule has 3 aromatic carbocycles. The Morgan fingerprint density at radius 1 is 0.882 bits per heavy atom. The second kappa shape index (κ2) is 9.64. The van der Waals surface area contributed by atoms with Crippen LogP contribution < -0.4 is 4.98 Å². The first kappa shape index (κ1) is 23.4. The summed E-state index contributed by atoms with van der Waals surface area (Å²) in [5.41, 5.74) is 3.09. The van der Waals surface area contributed by atoms with Gasteiger partial charge in [0.05, 0.1) is 11.4 Å². The minimum Gasteiger partial charge on any atom is -0.512 e. The fourth-order valence-corrected chi connectivity index (χ4v) is 4.18. The molecular weight excluding hydrogens is 603 g/mol. The maximum absolute atomic E-state index is 10.0. The second-order valence-corrected chi connectivity index (χ2v) is 8.00. The van der Waals surface area contributed by atoms with E-state index in [1.165, 1.54) is 36.1 Å². The molecule has 3 heterocycles. The van der Waals surface area contributed by atoms with Gasteiger partial charge in [-0.15, -0.1) is 0 Å². The summed E-state index contributed by atoms with van der Waals surface area (Å²) < 4.78 is 2.18. The van der Waals surface area contributed by atoms with E-state index in [0.29, 0.717) is 0 Å². The predicted octanol–water partition coefficient (Wildman–Crippen LogP) is 6.48. The van der Waals surface area contributed by atoms with E-state index in [9.17, 15) is 4.79 Å². The van der Waals surface area contributed by atoms with Crippen molar-refractivity contribution < 1.29 is 30.0 Å². The molecule has 6 rings (SSSR count). The van der Waals surface area contributed by atoms with E-state index in [0.717, 1.165) is 33.3 Å². The van der Waals surface area contributed by atoms with Gasteiger partial charge < -0.3 is 14.7 Å². The number of aliphatic hydroxyl groups is 1. The first-order valence-corrected chi connectivity index (χ1v) is 10.7. The molecular formula is C28H22IrN3O2-. The number of hydrogen-bond donors (Lipinski definition) is 1. The Bertz CT molecular complexity index is 1640. The number of rotatable bonds is 2. The summed E-state index contributed by atoms with van der Waals surface area (Å²) in [7, 11) is 0. The maximum Gasteiger partial charge on any atom is 0.155 e. The van der Waals surface area contributed by atoms with Gasteiger partial charge in [-0.25, -0.2) is 0 Å². The van der Waals surface area contributed by atoms with E-state index in [4.69, 9.17) is 10.1 Å². The van der Waals surface area contributed by atoms with Crippen molar-refractivity contribution >= 4 is 49.4 Å². The number of ketones is 1. The summed E-state index contributed by atoms with van der Waals surface area (Å²) in [5, 5.41) is 14.3. The van der Waals surface area contributed by atoms with E-state index in [1.54, 1.807) is 0 Å². The number of carbonyl (C=O) groups excluding carboxylic acids is 1. The Labute approximate surface area is 210 Å². The molecule has 1 radical (unpaired) electrons. The molecule has 1 N–H and O–H groups in total. The van der Waals surface area contributed by atoms with E-state index < -0.39 is 0 Å². The molecule has 0 saturated carbocycles. The van der Waals surface area contributed by atoms with Crippen LogP contribution in [0.4, 0.5) is 0 Å². The standard InChI is InChI=1S/C23H14N3.C5H8O2.Ir/c1-2-7-16-13-21-19(12-15(16)6-1)18-9-5-11-24-23(18)26(21)22-14-17-8-3-4-10-20(17)25-22;1-4(6)3-5(2)7;/h1-14H;3,6H,1-2H3;/q-1;;/b;4-3-;. The first-order valence-electron chi connectivity index (χ1n) is 10.7. The second-order valence-electron chi connectivity index (χ2n) is 8.00. The summed E-state index contributed by atoms with van der Waals surface area (Å²) >= 11 is 0. The van der Waals surface area contributed by atoms with Gasteiger partial charge in [0, 0.05) is 37.8 Å². The fourth-order valence-electron chi connectivity index (χ4n) is 4.18. The summed E-state index contributed by atoms with van der Waals surface area (Å²) in [6.07, 6.45) is 3.01. The van der Waals surface area contributed by atoms with Crippen molar-refractivity contribution in [2.24, 2.45) is 0 Å². The molecule has 0 aliphatic carbocycles. The van der Waals surface area contributed by atoms with E-state index in [2.05, 4.69) is 70.2 Å². The Kier molecular flexibility index (Phi) is 6.64. The van der Waals surface area contributed by atoms with Crippen molar-refractivity contribution in [2.45, 2.75) is 13.8 Å². The van der Waals surface area contributed by atoms with Gasteiger partial charge in [0.25, 0.3) is 0 Å². The third-order valence-electron chi connectivity index (χ3n) is 5.49. The number of aliphatic hydroxyl groups excluding tert-OH is 1. The Hall–Kier alpha value is -3.73. The molecule has 34 heavy (non-hydrogen) atoms. The van der Waals surface area contributed by atoms with E-state index >= 15 is 0 Å². The summed E-state index contributed by atoms with van der Waals surface area (Å²) in [6, 6.07) is 27.5. The molecule has 0 aliphatic rings. The zero-order valence-electron chi connectivity index (χ0n) is 18.7. The van der Waals surface area contributed by atoms with Crippen LogP contribution in [0.1, 0.15) is 13.8 Å². The molecule has 171 valence electrons. The molecule has 0 spiro atoms. The number of benzene rings is 3. The van der Waals surface area contributed by atoms with Crippen LogP contribution in [-0.2, 0) is 24.9 Å². The Balaban J connectivity index is 0.000000303. The quantitative estimate of drug-likeness (QED) is 0.177. The zero-order valence-corrected chi connectivity index (χ0v) is 21.1. The van der Waals surface area contributed by atoms with Crippen molar-refractivity contribution in [3.8, 4) is 5.82 Å². The molecule has 3 aromatic heterocycles. The van der Waals surface area contributed by atoms with Gasteiger partial charge in [-0.3, -0.25) is 9.78 Å². The van der Waals surface area contributed by atoms with Crippen LogP contribution in [0.15, 0.2) is 96.9 Å². The number of nitrogens with zero attached hydrogens (tertiary/aromatic N) is 3. The molecule has 0 bridgehead atoms. The van der Waals surface area contributed by atoms with Gasteiger partial charge in [0.1, 0.15) is 0 Å². The number of para-hydroxylation sites is 1. The largest absolute Gasteiger partial charge is 0.512 e. The molecule has 0 fully saturated rings. The summed E-state index contributed by atoms with van der Waals surface area (Å²) in [4.78, 5) is 19.6. The smallest absolute Gasteiger partial charge is 0.155 e. The first-order chi connectivity index (χ1) is 16.0. The van der Waals surface area contributed by atoms with Crippen LogP contribution in [0.3, 0.4) is 0 Å². The van der Waals surface area contributed by atoms with Crippen LogP contribution in [-0.4, -0.2) is 20.4 Å². The molecule has 5 nitrogen and oxygen atoms in total. The molecule has 0 saturated heterocycles. The summed E-state index contributed by atoms with van der Waals surface area (Å²) in [6.45, 7) is 2.85. The predicted molar refractivity (Wildman–Crippen MR) is 134 cm³/mol. The molecule has 0 aliphatic heterocycles. The van der Waals surface area contributed by atoms with Crippen LogP contribution in [0.5, 0.6) is 0 Å². The molecule has 6 heteroatoms. The third kappa shape index (κ3) is 4.38. The minimum atomic E-state index is -0.125. The van der Waals surface area contributed by atoms with E-state index in [1.807, 2.05) is 24.4 Å². The average Bonchev–Trinajstić information content (AvgIpc) is 3.35. The number of carbonyl (C=O) groups is 1. The van der Waals surface area contributed by atoms with Crippen LogP contribution in [0.25, 0.3) is 49.4 Å². The molecule has 6 aromatic rings. The van der Waals surface area contributed by atoms with Gasteiger partial charge in [-0.1, -0.05) is 72.5 Å². The third-order valence-corrected chi connectivity index (χ3v) is 5.49. The van der Waals surface area contributed by atoms with E-state index in [-0.39, 0.29) is 31.6 Å². The van der Waals surface area contributed by atoms with Gasteiger partial charge >= 0.3 is 0 Å². The molecule has 0 atom stereocenters. The Morgan fingerprint density at radius 2 is 1.56 bits per heavy atom. The summed E-state index contributed by atoms with van der Waals surface area (Å²) in [5.74, 6) is 0.854. The van der Waals surface area contributed by atoms with Gasteiger partial charge in [-0.05, 0) is 58.6 Å². The van der Waals surface area contributed by atoms with Gasteiger partial charge in [0.2, 0.25) is 0 Å². The number of hydrogen-bond acceptors (Lipinski definition) is 3. The number of allylic oxidation sites excluding steroid dienone is 2. The normalized spacial score (nSPS) is 11.4. The van der Waals surface area contributed by atoms with Crippen LogP contribution >= 0.6 is 0 Å². The average molecular weight is 625 g/mol. The van der Waals surface area contributed by atoms with Gasteiger partial charge in [-0.2, -0.15) is 0 Å². The fraction of sp³-hybridized carbons (Fsp3) is 0.0714. The minimum absolute atomic E-state index is 0. The number of pyridine rings is 1. The van der Waals surface area contributed by atoms with Crippen LogP contribution in [0, 0.1) is 0 Å². The van der Waals surface area contributed by atoms with Crippen LogP contribution in [0.2, 0.25) is 0 Å². The number of fused-ring (bicyclic) bond motifs is 5.